The number of para-hydroxylation sites is 1. The molecule has 0 saturated carbocycles. The fourth-order valence-corrected chi connectivity index (χ4v) is 2.89. The monoisotopic (exact) mass is 300 g/mol. The van der Waals surface area contributed by atoms with E-state index in [1.165, 1.54) is 18.2 Å². The summed E-state index contributed by atoms with van der Waals surface area (Å²) in [5.74, 6) is 0. The molecule has 0 spiro atoms. The Bertz CT molecular complexity index is 611. The van der Waals surface area contributed by atoms with E-state index in [2.05, 4.69) is 5.43 Å². The number of sulfonamides is 1. The zero-order valence-corrected chi connectivity index (χ0v) is 11.6. The molecule has 0 unspecified atom stereocenters. The zero-order chi connectivity index (χ0) is 14.8. The number of rotatable bonds is 4. The third-order valence-corrected chi connectivity index (χ3v) is 4.09. The van der Waals surface area contributed by atoms with Crippen molar-refractivity contribution in [1.29, 1.82) is 0 Å². The van der Waals surface area contributed by atoms with Crippen molar-refractivity contribution in [3.05, 3.63) is 28.3 Å². The van der Waals surface area contributed by atoms with Crippen LogP contribution in [0.4, 0.5) is 11.4 Å². The zero-order valence-electron chi connectivity index (χ0n) is 10.8. The van der Waals surface area contributed by atoms with Gasteiger partial charge in [0.15, 0.2) is 0 Å². The molecule has 1 aromatic carbocycles. The number of nitro groups is 1. The minimum absolute atomic E-state index is 0.0677. The van der Waals surface area contributed by atoms with Crippen molar-refractivity contribution in [3.63, 3.8) is 0 Å². The average molecular weight is 300 g/mol. The van der Waals surface area contributed by atoms with Gasteiger partial charge in [0.1, 0.15) is 10.6 Å². The summed E-state index contributed by atoms with van der Waals surface area (Å²) in [7, 11) is -4.03. The summed E-state index contributed by atoms with van der Waals surface area (Å²) < 4.78 is 23.1. The predicted molar refractivity (Wildman–Crippen MR) is 73.5 cm³/mol. The summed E-state index contributed by atoms with van der Waals surface area (Å²) in [5.41, 5.74) is 2.47. The van der Waals surface area contributed by atoms with Crippen LogP contribution < -0.4 is 10.6 Å². The molecule has 0 atom stereocenters. The lowest BCUT2D eigenvalue weighted by Crippen LogP contribution is -2.35. The van der Waals surface area contributed by atoms with Crippen LogP contribution in [0.25, 0.3) is 0 Å². The van der Waals surface area contributed by atoms with Crippen molar-refractivity contribution in [2.75, 3.05) is 18.5 Å². The van der Waals surface area contributed by atoms with Gasteiger partial charge in [-0.1, -0.05) is 12.5 Å². The van der Waals surface area contributed by atoms with Crippen LogP contribution in [0.1, 0.15) is 19.3 Å². The van der Waals surface area contributed by atoms with Gasteiger partial charge in [0.25, 0.3) is 5.69 Å². The minimum atomic E-state index is -4.03. The van der Waals surface area contributed by atoms with Crippen LogP contribution in [-0.4, -0.2) is 31.4 Å². The van der Waals surface area contributed by atoms with Gasteiger partial charge in [-0.3, -0.25) is 10.1 Å². The Morgan fingerprint density at radius 2 is 1.90 bits per heavy atom. The van der Waals surface area contributed by atoms with Crippen LogP contribution in [-0.2, 0) is 10.0 Å². The first-order valence-corrected chi connectivity index (χ1v) is 7.76. The molecule has 1 fully saturated rings. The summed E-state index contributed by atoms with van der Waals surface area (Å²) >= 11 is 0. The molecule has 0 bridgehead atoms. The Kier molecular flexibility index (Phi) is 4.21. The van der Waals surface area contributed by atoms with Gasteiger partial charge in [-0.15, -0.1) is 0 Å². The number of nitrogens with one attached hydrogen (secondary N) is 1. The fraction of sp³-hybridized carbons (Fsp3) is 0.455. The van der Waals surface area contributed by atoms with Crippen LogP contribution in [0, 0.1) is 10.1 Å². The van der Waals surface area contributed by atoms with Crippen LogP contribution in [0.2, 0.25) is 0 Å². The summed E-state index contributed by atoms with van der Waals surface area (Å²) in [6, 6.07) is 3.81. The van der Waals surface area contributed by atoms with Gasteiger partial charge < -0.3 is 5.43 Å². The van der Waals surface area contributed by atoms with Crippen molar-refractivity contribution in [2.24, 2.45) is 5.14 Å². The number of hydrazine groups is 1. The Labute approximate surface area is 116 Å². The molecule has 0 radical (unpaired) electrons. The lowest BCUT2D eigenvalue weighted by Gasteiger charge is -2.28. The number of nitro benzene ring substituents is 1. The Morgan fingerprint density at radius 3 is 2.45 bits per heavy atom. The van der Waals surface area contributed by atoms with E-state index in [0.717, 1.165) is 19.3 Å². The quantitative estimate of drug-likeness (QED) is 0.634. The van der Waals surface area contributed by atoms with Crippen molar-refractivity contribution in [3.8, 4) is 0 Å². The molecule has 0 aliphatic carbocycles. The first-order valence-electron chi connectivity index (χ1n) is 6.21. The predicted octanol–water partition coefficient (Wildman–Crippen LogP) is 1.05. The number of nitrogens with zero attached hydrogens (tertiary/aromatic N) is 2. The molecule has 0 aromatic heterocycles. The van der Waals surface area contributed by atoms with E-state index in [1.807, 2.05) is 0 Å². The van der Waals surface area contributed by atoms with E-state index in [-0.39, 0.29) is 16.3 Å². The highest BCUT2D eigenvalue weighted by Crippen LogP contribution is 2.31. The van der Waals surface area contributed by atoms with Gasteiger partial charge >= 0.3 is 0 Å². The number of primary sulfonamides is 1. The van der Waals surface area contributed by atoms with Crippen LogP contribution >= 0.6 is 0 Å². The maximum Gasteiger partial charge on any atom is 0.295 e. The van der Waals surface area contributed by atoms with Gasteiger partial charge in [0, 0.05) is 19.2 Å². The highest BCUT2D eigenvalue weighted by molar-refractivity contribution is 7.89. The molecule has 2 rings (SSSR count). The second-order valence-corrected chi connectivity index (χ2v) is 6.14. The van der Waals surface area contributed by atoms with Crippen LogP contribution in [0.15, 0.2) is 23.1 Å². The van der Waals surface area contributed by atoms with Gasteiger partial charge in [-0.2, -0.15) is 0 Å². The van der Waals surface area contributed by atoms with E-state index in [0.29, 0.717) is 13.1 Å². The largest absolute Gasteiger partial charge is 0.312 e. The maximum atomic E-state index is 11.6. The third-order valence-electron chi connectivity index (χ3n) is 3.13. The molecule has 1 heterocycles. The first-order chi connectivity index (χ1) is 9.39. The normalized spacial score (nSPS) is 16.9. The first kappa shape index (κ1) is 14.7. The minimum Gasteiger partial charge on any atom is -0.312 e. The molecule has 8 nitrogen and oxygen atoms in total. The van der Waals surface area contributed by atoms with Gasteiger partial charge in [-0.25, -0.2) is 18.6 Å². The Hall–Kier alpha value is -1.71. The van der Waals surface area contributed by atoms with Crippen LogP contribution in [0.3, 0.4) is 0 Å². The average Bonchev–Trinajstić information content (AvgIpc) is 2.38. The molecule has 1 saturated heterocycles. The van der Waals surface area contributed by atoms with E-state index in [9.17, 15) is 18.5 Å². The summed E-state index contributed by atoms with van der Waals surface area (Å²) in [6.45, 7) is 1.41. The molecular weight excluding hydrogens is 284 g/mol. The molecule has 1 aliphatic heterocycles. The number of anilines is 1. The molecule has 20 heavy (non-hydrogen) atoms. The van der Waals surface area contributed by atoms with Crippen LogP contribution in [0.5, 0.6) is 0 Å². The molecule has 1 aromatic rings. The molecule has 1 aliphatic rings. The summed E-state index contributed by atoms with van der Waals surface area (Å²) in [4.78, 5) is 10.2. The van der Waals surface area contributed by atoms with E-state index >= 15 is 0 Å². The molecule has 3 N–H and O–H groups in total. The third kappa shape index (κ3) is 3.24. The fourth-order valence-electron chi connectivity index (χ4n) is 2.18. The maximum absolute atomic E-state index is 11.6. The van der Waals surface area contributed by atoms with Crippen molar-refractivity contribution in [2.45, 2.75) is 24.2 Å². The van der Waals surface area contributed by atoms with Crippen molar-refractivity contribution >= 4 is 21.4 Å². The lowest BCUT2D eigenvalue weighted by molar-refractivity contribution is -0.384. The summed E-state index contributed by atoms with van der Waals surface area (Å²) in [5, 5.41) is 18.0. The smallest absolute Gasteiger partial charge is 0.295 e. The van der Waals surface area contributed by atoms with Gasteiger partial charge in [-0.05, 0) is 18.9 Å². The lowest BCUT2D eigenvalue weighted by atomic mass is 10.2. The highest BCUT2D eigenvalue weighted by Gasteiger charge is 2.25. The van der Waals surface area contributed by atoms with E-state index in [1.54, 1.807) is 5.01 Å². The molecule has 0 amide bonds. The van der Waals surface area contributed by atoms with Crippen molar-refractivity contribution in [1.82, 2.24) is 5.01 Å². The van der Waals surface area contributed by atoms with Gasteiger partial charge in [0.2, 0.25) is 10.0 Å². The second-order valence-electron chi connectivity index (χ2n) is 4.61. The Balaban J connectivity index is 2.43. The SMILES string of the molecule is NS(=O)(=O)c1cccc([N+](=O)[O-])c1NN1CCCCC1. The van der Waals surface area contributed by atoms with E-state index < -0.39 is 14.9 Å². The molecular formula is C11H16N4O4S. The number of hydrogen-bond donors (Lipinski definition) is 2. The summed E-state index contributed by atoms with van der Waals surface area (Å²) in [6.07, 6.45) is 3.01. The number of nitrogens with two attached hydrogens (primary N) is 1. The Morgan fingerprint density at radius 1 is 1.25 bits per heavy atom. The van der Waals surface area contributed by atoms with Gasteiger partial charge in [0.05, 0.1) is 4.92 Å². The topological polar surface area (TPSA) is 119 Å². The number of hydrogen-bond acceptors (Lipinski definition) is 6. The second kappa shape index (κ2) is 5.73. The molecule has 110 valence electrons. The van der Waals surface area contributed by atoms with E-state index in [4.69, 9.17) is 5.14 Å². The highest BCUT2D eigenvalue weighted by atomic mass is 32.2. The molecule has 9 heteroatoms. The number of piperidine rings is 1. The standard InChI is InChI=1S/C11H16N4O4S/c12-20(18,19)10-6-4-5-9(15(16)17)11(10)13-14-7-2-1-3-8-14/h4-6,13H,1-3,7-8H2,(H2,12,18,19). The number of benzene rings is 1. The van der Waals surface area contributed by atoms with Crippen molar-refractivity contribution < 1.29 is 13.3 Å².